The van der Waals surface area contributed by atoms with Gasteiger partial charge < -0.3 is 20.0 Å². The summed E-state index contributed by atoms with van der Waals surface area (Å²) in [6, 6.07) is 9.82. The smallest absolute Gasteiger partial charge is 0.137 e. The van der Waals surface area contributed by atoms with E-state index in [-0.39, 0.29) is 36.7 Å². The SMILES string of the molecule is C=C1CCC([C@H](C)[C@](O)(Cn2cncn2)c2ccc(N3CCC(=C)CC3)cc2F)CC1.C=C1CCN(c2cc(F)ccc2[C@@](O)(Cn2cncn2)[C@@H](C)N2CCC(=C)CC2)CC1. The molecule has 1 saturated carbocycles. The molecule has 62 heavy (non-hydrogen) atoms. The Morgan fingerprint density at radius 3 is 1.68 bits per heavy atom. The zero-order chi connectivity index (χ0) is 44.0. The Morgan fingerprint density at radius 1 is 0.645 bits per heavy atom. The third-order valence-corrected chi connectivity index (χ3v) is 14.2. The summed E-state index contributed by atoms with van der Waals surface area (Å²) in [5.41, 5.74) is 5.01. The minimum absolute atomic E-state index is 0.136. The van der Waals surface area contributed by atoms with Crippen LogP contribution in [0.4, 0.5) is 20.2 Å². The molecule has 0 unspecified atom stereocenters. The van der Waals surface area contributed by atoms with Gasteiger partial charge in [0.25, 0.3) is 0 Å². The van der Waals surface area contributed by atoms with Gasteiger partial charge in [-0.05, 0) is 107 Å². The second kappa shape index (κ2) is 19.6. The van der Waals surface area contributed by atoms with Crippen molar-refractivity contribution in [2.45, 2.75) is 108 Å². The number of aliphatic hydroxyl groups is 2. The number of anilines is 2. The summed E-state index contributed by atoms with van der Waals surface area (Å²) in [6.07, 6.45) is 15.5. The van der Waals surface area contributed by atoms with Crippen molar-refractivity contribution in [1.82, 2.24) is 34.4 Å². The summed E-state index contributed by atoms with van der Waals surface area (Å²) in [4.78, 5) is 14.7. The molecule has 11 nitrogen and oxygen atoms in total. The zero-order valence-corrected chi connectivity index (χ0v) is 36.7. The maximum atomic E-state index is 15.5. The average molecular weight is 850 g/mol. The molecule has 1 aliphatic carbocycles. The molecule has 3 aliphatic heterocycles. The molecule has 5 heterocycles. The van der Waals surface area contributed by atoms with Crippen molar-refractivity contribution in [2.24, 2.45) is 11.8 Å². The molecule has 4 aliphatic rings. The summed E-state index contributed by atoms with van der Waals surface area (Å²) >= 11 is 0. The molecule has 4 aromatic rings. The molecule has 0 radical (unpaired) electrons. The van der Waals surface area contributed by atoms with E-state index in [1.807, 2.05) is 13.0 Å². The van der Waals surface area contributed by atoms with Gasteiger partial charge in [-0.1, -0.05) is 67.7 Å². The zero-order valence-electron chi connectivity index (χ0n) is 36.7. The van der Waals surface area contributed by atoms with Gasteiger partial charge in [0.05, 0.1) is 13.1 Å². The molecule has 0 bridgehead atoms. The first-order chi connectivity index (χ1) is 29.7. The van der Waals surface area contributed by atoms with E-state index >= 15 is 4.39 Å². The van der Waals surface area contributed by atoms with Crippen molar-refractivity contribution >= 4 is 11.4 Å². The minimum Gasteiger partial charge on any atom is -0.383 e. The molecule has 4 fully saturated rings. The highest BCUT2D eigenvalue weighted by Crippen LogP contribution is 2.44. The van der Waals surface area contributed by atoms with Gasteiger partial charge in [-0.25, -0.2) is 28.1 Å². The molecule has 2 aromatic carbocycles. The lowest BCUT2D eigenvalue weighted by molar-refractivity contribution is -0.0645. The largest absolute Gasteiger partial charge is 0.383 e. The Morgan fingerprint density at radius 2 is 1.15 bits per heavy atom. The summed E-state index contributed by atoms with van der Waals surface area (Å²) < 4.78 is 33.2. The molecule has 332 valence electrons. The lowest BCUT2D eigenvalue weighted by Crippen LogP contribution is -2.53. The van der Waals surface area contributed by atoms with Crippen LogP contribution in [-0.2, 0) is 24.3 Å². The fraction of sp³-hybridized carbons (Fsp3) is 0.510. The number of nitrogens with zero attached hydrogens (tertiary/aromatic N) is 9. The van der Waals surface area contributed by atoms with Gasteiger partial charge in [0.1, 0.15) is 48.1 Å². The minimum atomic E-state index is -1.38. The number of benzene rings is 2. The number of allylic oxidation sites excluding steroid dienone is 1. The van der Waals surface area contributed by atoms with Gasteiger partial charge >= 0.3 is 0 Å². The average Bonchev–Trinajstić information content (AvgIpc) is 3.99. The fourth-order valence-corrected chi connectivity index (χ4v) is 9.84. The van der Waals surface area contributed by atoms with Crippen molar-refractivity contribution in [3.05, 3.63) is 133 Å². The predicted molar refractivity (Wildman–Crippen MR) is 241 cm³/mol. The van der Waals surface area contributed by atoms with E-state index < -0.39 is 11.2 Å². The summed E-state index contributed by atoms with van der Waals surface area (Å²) in [6.45, 7) is 25.8. The molecule has 0 spiro atoms. The highest BCUT2D eigenvalue weighted by atomic mass is 19.1. The van der Waals surface area contributed by atoms with E-state index in [1.165, 1.54) is 41.0 Å². The maximum Gasteiger partial charge on any atom is 0.137 e. The van der Waals surface area contributed by atoms with Crippen molar-refractivity contribution in [1.29, 1.82) is 0 Å². The van der Waals surface area contributed by atoms with Gasteiger partial charge in [-0.2, -0.15) is 10.2 Å². The van der Waals surface area contributed by atoms with Gasteiger partial charge in [0, 0.05) is 67.8 Å². The number of likely N-dealkylation sites (tertiary alicyclic amines) is 1. The second-order valence-electron chi connectivity index (χ2n) is 18.2. The number of hydrogen-bond acceptors (Lipinski definition) is 9. The van der Waals surface area contributed by atoms with Crippen LogP contribution in [0.25, 0.3) is 0 Å². The fourth-order valence-electron chi connectivity index (χ4n) is 9.84. The lowest BCUT2D eigenvalue weighted by atomic mass is 9.69. The van der Waals surface area contributed by atoms with E-state index in [9.17, 15) is 14.6 Å². The Balaban J connectivity index is 0.000000186. The standard InChI is InChI=1S/C25H33FN4O.C24H32FN5O/c1-18-4-6-21(7-5-18)20(3)25(31,15-30-17-27-16-28-30)23-9-8-22(14-24(23)26)29-12-10-19(2)11-13-29;1-18-6-10-28(11-7-18)20(3)24(31,15-30-17-26-16-27-30)22-5-4-21(25)14-23(22)29-12-8-19(2)9-13-29/h8-9,14,16-17,20-21,31H,1-2,4-7,10-13,15H2,3H3;4-5,14,16-17,20,31H,1-2,6-13,15H2,3H3/t20-,25+;20-,24-/m01/s1. The Hall–Kier alpha value is -4.98. The molecular formula is C49H65F2N9O2. The predicted octanol–water partition coefficient (Wildman–Crippen LogP) is 8.35. The van der Waals surface area contributed by atoms with Crippen LogP contribution >= 0.6 is 0 Å². The van der Waals surface area contributed by atoms with Crippen molar-refractivity contribution in [2.75, 3.05) is 49.1 Å². The molecule has 4 atom stereocenters. The topological polar surface area (TPSA) is 112 Å². The first kappa shape index (κ1) is 45.1. The van der Waals surface area contributed by atoms with Crippen LogP contribution in [0.1, 0.15) is 89.2 Å². The Labute approximate surface area is 366 Å². The second-order valence-corrected chi connectivity index (χ2v) is 18.2. The lowest BCUT2D eigenvalue weighted by Gasteiger charge is -2.45. The number of aromatic nitrogens is 6. The van der Waals surface area contributed by atoms with Gasteiger partial charge in [-0.3, -0.25) is 4.90 Å². The molecule has 13 heteroatoms. The Kier molecular flexibility index (Phi) is 14.2. The Bertz CT molecular complexity index is 2150. The van der Waals surface area contributed by atoms with E-state index in [0.29, 0.717) is 11.5 Å². The maximum absolute atomic E-state index is 15.5. The van der Waals surface area contributed by atoms with Crippen molar-refractivity contribution < 1.29 is 19.0 Å². The van der Waals surface area contributed by atoms with Crippen molar-refractivity contribution in [3.63, 3.8) is 0 Å². The number of rotatable bonds is 12. The molecular weight excluding hydrogens is 785 g/mol. The summed E-state index contributed by atoms with van der Waals surface area (Å²) in [7, 11) is 0. The molecule has 8 rings (SSSR count). The van der Waals surface area contributed by atoms with Crippen LogP contribution in [-0.4, -0.2) is 90.0 Å². The first-order valence-corrected chi connectivity index (χ1v) is 22.3. The normalized spacial score (nSPS) is 21.2. The number of hydrogen-bond donors (Lipinski definition) is 2. The van der Waals surface area contributed by atoms with Crippen LogP contribution in [0, 0.1) is 23.5 Å². The molecule has 2 aromatic heterocycles. The third kappa shape index (κ3) is 10.3. The monoisotopic (exact) mass is 850 g/mol. The number of halogens is 2. The van der Waals surface area contributed by atoms with Crippen molar-refractivity contribution in [3.8, 4) is 0 Å². The van der Waals surface area contributed by atoms with E-state index in [1.54, 1.807) is 46.3 Å². The molecule has 2 N–H and O–H groups in total. The molecule has 3 saturated heterocycles. The van der Waals surface area contributed by atoms with Gasteiger partial charge in [-0.15, -0.1) is 0 Å². The quantitative estimate of drug-likeness (QED) is 0.136. The van der Waals surface area contributed by atoms with Gasteiger partial charge in [0.15, 0.2) is 0 Å². The number of piperidine rings is 3. The van der Waals surface area contributed by atoms with E-state index in [4.69, 9.17) is 0 Å². The van der Waals surface area contributed by atoms with Crippen LogP contribution in [0.2, 0.25) is 0 Å². The van der Waals surface area contributed by atoms with E-state index in [0.717, 1.165) is 120 Å². The van der Waals surface area contributed by atoms with Crippen LogP contribution in [0.3, 0.4) is 0 Å². The highest BCUT2D eigenvalue weighted by molar-refractivity contribution is 5.58. The first-order valence-electron chi connectivity index (χ1n) is 22.3. The summed E-state index contributed by atoms with van der Waals surface area (Å²) in [5.74, 6) is -0.501. The molecule has 0 amide bonds. The highest BCUT2D eigenvalue weighted by Gasteiger charge is 2.44. The van der Waals surface area contributed by atoms with Gasteiger partial charge in [0.2, 0.25) is 0 Å². The van der Waals surface area contributed by atoms with Crippen LogP contribution in [0.5, 0.6) is 0 Å². The third-order valence-electron chi connectivity index (χ3n) is 14.2. The van der Waals surface area contributed by atoms with Crippen LogP contribution in [0.15, 0.2) is 110 Å². The van der Waals surface area contributed by atoms with Crippen LogP contribution < -0.4 is 9.80 Å². The summed E-state index contributed by atoms with van der Waals surface area (Å²) in [5, 5.41) is 32.7. The van der Waals surface area contributed by atoms with E-state index in [2.05, 4.69) is 68.1 Å².